The van der Waals surface area contributed by atoms with Crippen molar-refractivity contribution in [3.05, 3.63) is 63.9 Å². The molecule has 3 rings (SSSR count). The number of amides is 1. The maximum atomic E-state index is 13.3. The van der Waals surface area contributed by atoms with Crippen molar-refractivity contribution in [1.82, 2.24) is 4.90 Å². The quantitative estimate of drug-likeness (QED) is 0.812. The lowest BCUT2D eigenvalue weighted by Crippen LogP contribution is -2.48. The van der Waals surface area contributed by atoms with E-state index in [2.05, 4.69) is 4.90 Å². The van der Waals surface area contributed by atoms with Gasteiger partial charge in [0, 0.05) is 36.8 Å². The van der Waals surface area contributed by atoms with Crippen LogP contribution in [0.15, 0.2) is 42.5 Å². The van der Waals surface area contributed by atoms with Crippen molar-refractivity contribution >= 4 is 34.8 Å². The maximum absolute atomic E-state index is 13.3. The monoisotopic (exact) mass is 352 g/mol. The molecule has 2 aromatic rings. The molecule has 1 saturated heterocycles. The van der Waals surface area contributed by atoms with Crippen LogP contribution in [0.1, 0.15) is 10.4 Å². The van der Waals surface area contributed by atoms with E-state index in [1.807, 2.05) is 6.07 Å². The predicted molar refractivity (Wildman–Crippen MR) is 91.0 cm³/mol. The molecule has 2 aromatic carbocycles. The second-order valence-electron chi connectivity index (χ2n) is 5.39. The zero-order chi connectivity index (χ0) is 16.4. The smallest absolute Gasteiger partial charge is 0.254 e. The van der Waals surface area contributed by atoms with Crippen LogP contribution < -0.4 is 4.90 Å². The normalized spacial score (nSPS) is 14.9. The van der Waals surface area contributed by atoms with Gasteiger partial charge in [-0.1, -0.05) is 29.3 Å². The first-order chi connectivity index (χ1) is 11.0. The summed E-state index contributed by atoms with van der Waals surface area (Å²) in [6, 6.07) is 11.1. The fraction of sp³-hybridized carbons (Fsp3) is 0.235. The van der Waals surface area contributed by atoms with Crippen LogP contribution in [0, 0.1) is 5.82 Å². The molecular weight excluding hydrogens is 338 g/mol. The summed E-state index contributed by atoms with van der Waals surface area (Å²) >= 11 is 12.2. The molecule has 23 heavy (non-hydrogen) atoms. The summed E-state index contributed by atoms with van der Waals surface area (Å²) in [6.07, 6.45) is 0. The van der Waals surface area contributed by atoms with Gasteiger partial charge < -0.3 is 9.80 Å². The zero-order valence-corrected chi connectivity index (χ0v) is 13.8. The number of hydrogen-bond acceptors (Lipinski definition) is 2. The van der Waals surface area contributed by atoms with E-state index in [-0.39, 0.29) is 5.91 Å². The van der Waals surface area contributed by atoms with Crippen molar-refractivity contribution in [2.75, 3.05) is 31.1 Å². The van der Waals surface area contributed by atoms with E-state index in [4.69, 9.17) is 23.2 Å². The van der Waals surface area contributed by atoms with Crippen molar-refractivity contribution < 1.29 is 9.18 Å². The Balaban J connectivity index is 1.69. The maximum Gasteiger partial charge on any atom is 0.254 e. The largest absolute Gasteiger partial charge is 0.367 e. The standard InChI is InChI=1S/C17H15Cl2FN2O/c18-13-4-5-15(19)16(11-13)21-6-8-22(9-7-21)17(23)12-2-1-3-14(20)10-12/h1-5,10-11H,6-9H2. The molecule has 0 unspecified atom stereocenters. The van der Waals surface area contributed by atoms with Crippen LogP contribution in [0.2, 0.25) is 10.0 Å². The summed E-state index contributed by atoms with van der Waals surface area (Å²) in [5.74, 6) is -0.554. The second kappa shape index (κ2) is 6.77. The number of carbonyl (C=O) groups is 1. The molecule has 0 radical (unpaired) electrons. The molecule has 0 aliphatic carbocycles. The first-order valence-corrected chi connectivity index (χ1v) is 8.05. The Kier molecular flexibility index (Phi) is 4.74. The molecule has 1 aliphatic rings. The number of piperazine rings is 1. The number of anilines is 1. The molecule has 1 heterocycles. The van der Waals surface area contributed by atoms with Gasteiger partial charge in [-0.15, -0.1) is 0 Å². The van der Waals surface area contributed by atoms with Crippen LogP contribution >= 0.6 is 23.2 Å². The van der Waals surface area contributed by atoms with E-state index in [0.717, 1.165) is 5.69 Å². The van der Waals surface area contributed by atoms with Gasteiger partial charge in [0.2, 0.25) is 0 Å². The lowest BCUT2D eigenvalue weighted by molar-refractivity contribution is 0.0746. The topological polar surface area (TPSA) is 23.6 Å². The van der Waals surface area contributed by atoms with Crippen molar-refractivity contribution in [2.24, 2.45) is 0 Å². The minimum Gasteiger partial charge on any atom is -0.367 e. The Bertz CT molecular complexity index is 730. The molecule has 1 amide bonds. The van der Waals surface area contributed by atoms with Gasteiger partial charge in [0.15, 0.2) is 0 Å². The molecule has 0 N–H and O–H groups in total. The average Bonchev–Trinajstić information content (AvgIpc) is 2.56. The van der Waals surface area contributed by atoms with Gasteiger partial charge in [-0.3, -0.25) is 4.79 Å². The zero-order valence-electron chi connectivity index (χ0n) is 12.3. The van der Waals surface area contributed by atoms with Gasteiger partial charge in [0.1, 0.15) is 5.82 Å². The molecule has 6 heteroatoms. The number of nitrogens with zero attached hydrogens (tertiary/aromatic N) is 2. The molecule has 1 fully saturated rings. The van der Waals surface area contributed by atoms with Crippen molar-refractivity contribution in [1.29, 1.82) is 0 Å². The van der Waals surface area contributed by atoms with Crippen LogP contribution in [0.3, 0.4) is 0 Å². The number of hydrogen-bond donors (Lipinski definition) is 0. The van der Waals surface area contributed by atoms with Gasteiger partial charge in [0.05, 0.1) is 10.7 Å². The van der Waals surface area contributed by atoms with Crippen LogP contribution in [0.5, 0.6) is 0 Å². The molecule has 3 nitrogen and oxygen atoms in total. The highest BCUT2D eigenvalue weighted by atomic mass is 35.5. The minimum atomic E-state index is -0.403. The predicted octanol–water partition coefficient (Wildman–Crippen LogP) is 4.09. The SMILES string of the molecule is O=C(c1cccc(F)c1)N1CCN(c2cc(Cl)ccc2Cl)CC1. The number of benzene rings is 2. The second-order valence-corrected chi connectivity index (χ2v) is 6.23. The fourth-order valence-electron chi connectivity index (χ4n) is 2.68. The van der Waals surface area contributed by atoms with E-state index in [9.17, 15) is 9.18 Å². The third kappa shape index (κ3) is 3.59. The molecule has 0 bridgehead atoms. The summed E-state index contributed by atoms with van der Waals surface area (Å²) in [5, 5.41) is 1.27. The van der Waals surface area contributed by atoms with Crippen LogP contribution in [0.25, 0.3) is 0 Å². The summed E-state index contributed by atoms with van der Waals surface area (Å²) in [4.78, 5) is 16.2. The Morgan fingerprint density at radius 3 is 2.43 bits per heavy atom. The van der Waals surface area contributed by atoms with Gasteiger partial charge in [-0.05, 0) is 36.4 Å². The van der Waals surface area contributed by atoms with E-state index < -0.39 is 5.82 Å². The Morgan fingerprint density at radius 1 is 1.00 bits per heavy atom. The van der Waals surface area contributed by atoms with Crippen molar-refractivity contribution in [3.63, 3.8) is 0 Å². The van der Waals surface area contributed by atoms with E-state index >= 15 is 0 Å². The highest BCUT2D eigenvalue weighted by Gasteiger charge is 2.23. The highest BCUT2D eigenvalue weighted by Crippen LogP contribution is 2.29. The lowest BCUT2D eigenvalue weighted by atomic mass is 10.1. The van der Waals surface area contributed by atoms with Crippen LogP contribution in [-0.2, 0) is 0 Å². The van der Waals surface area contributed by atoms with E-state index in [0.29, 0.717) is 41.8 Å². The van der Waals surface area contributed by atoms with Gasteiger partial charge in [-0.2, -0.15) is 0 Å². The summed E-state index contributed by atoms with van der Waals surface area (Å²) in [6.45, 7) is 2.42. The summed E-state index contributed by atoms with van der Waals surface area (Å²) in [5.41, 5.74) is 1.25. The van der Waals surface area contributed by atoms with Crippen molar-refractivity contribution in [2.45, 2.75) is 0 Å². The molecular formula is C17H15Cl2FN2O. The molecule has 0 spiro atoms. The Hall–Kier alpha value is -1.78. The average molecular weight is 353 g/mol. The molecule has 1 aliphatic heterocycles. The first-order valence-electron chi connectivity index (χ1n) is 7.29. The molecule has 0 saturated carbocycles. The highest BCUT2D eigenvalue weighted by molar-refractivity contribution is 6.35. The number of rotatable bonds is 2. The molecule has 120 valence electrons. The van der Waals surface area contributed by atoms with Crippen LogP contribution in [-0.4, -0.2) is 37.0 Å². The Labute approximate surface area is 144 Å². The third-order valence-corrected chi connectivity index (χ3v) is 4.44. The molecule has 0 atom stereocenters. The molecule has 0 aromatic heterocycles. The Morgan fingerprint density at radius 2 is 1.74 bits per heavy atom. The van der Waals surface area contributed by atoms with Gasteiger partial charge in [-0.25, -0.2) is 4.39 Å². The minimum absolute atomic E-state index is 0.152. The van der Waals surface area contributed by atoms with E-state index in [1.54, 1.807) is 29.2 Å². The van der Waals surface area contributed by atoms with Crippen LogP contribution in [0.4, 0.5) is 10.1 Å². The lowest BCUT2D eigenvalue weighted by Gasteiger charge is -2.36. The van der Waals surface area contributed by atoms with E-state index in [1.165, 1.54) is 12.1 Å². The summed E-state index contributed by atoms with van der Waals surface area (Å²) in [7, 11) is 0. The fourth-order valence-corrected chi connectivity index (χ4v) is 3.09. The van der Waals surface area contributed by atoms with Crippen molar-refractivity contribution in [3.8, 4) is 0 Å². The van der Waals surface area contributed by atoms with Gasteiger partial charge >= 0.3 is 0 Å². The number of halogens is 3. The third-order valence-electron chi connectivity index (χ3n) is 3.89. The first kappa shape index (κ1) is 16.1. The van der Waals surface area contributed by atoms with Gasteiger partial charge in [0.25, 0.3) is 5.91 Å². The summed E-state index contributed by atoms with van der Waals surface area (Å²) < 4.78 is 13.3. The number of carbonyl (C=O) groups excluding carboxylic acids is 1.